The van der Waals surface area contributed by atoms with Gasteiger partial charge in [0.2, 0.25) is 0 Å². The highest BCUT2D eigenvalue weighted by Gasteiger charge is 2.19. The van der Waals surface area contributed by atoms with Crippen LogP contribution in [0.3, 0.4) is 0 Å². The van der Waals surface area contributed by atoms with Gasteiger partial charge in [-0.15, -0.1) is 0 Å². The van der Waals surface area contributed by atoms with Crippen molar-refractivity contribution in [2.24, 2.45) is 0 Å². The largest absolute Gasteiger partial charge is 0.496 e. The Labute approximate surface area is 100 Å². The van der Waals surface area contributed by atoms with Gasteiger partial charge in [-0.25, -0.2) is 0 Å². The van der Waals surface area contributed by atoms with Crippen LogP contribution in [0.2, 0.25) is 0 Å². The van der Waals surface area contributed by atoms with Crippen molar-refractivity contribution in [1.29, 1.82) is 0 Å². The van der Waals surface area contributed by atoms with Gasteiger partial charge in [0, 0.05) is 6.04 Å². The third-order valence-electron chi connectivity index (χ3n) is 2.31. The lowest BCUT2D eigenvalue weighted by Crippen LogP contribution is -2.35. The second-order valence-corrected chi connectivity index (χ2v) is 3.59. The van der Waals surface area contributed by atoms with E-state index in [0.29, 0.717) is 17.1 Å². The molecule has 17 heavy (non-hydrogen) atoms. The van der Waals surface area contributed by atoms with E-state index < -0.39 is 0 Å². The Morgan fingerprint density at radius 3 is 2.29 bits per heavy atom. The average Bonchev–Trinajstić information content (AvgIpc) is 2.37. The van der Waals surface area contributed by atoms with Crippen molar-refractivity contribution < 1.29 is 19.4 Å². The van der Waals surface area contributed by atoms with E-state index in [9.17, 15) is 4.79 Å². The maximum absolute atomic E-state index is 12.0. The van der Waals surface area contributed by atoms with Crippen LogP contribution < -0.4 is 14.8 Å². The number of carbonyl (C=O) groups excluding carboxylic acids is 1. The Morgan fingerprint density at radius 2 is 1.88 bits per heavy atom. The molecule has 0 radical (unpaired) electrons. The minimum absolute atomic E-state index is 0.122. The summed E-state index contributed by atoms with van der Waals surface area (Å²) in [6.45, 7) is 1.59. The molecule has 0 aliphatic carbocycles. The summed E-state index contributed by atoms with van der Waals surface area (Å²) in [6.07, 6.45) is 0. The molecule has 0 heterocycles. The van der Waals surface area contributed by atoms with E-state index in [2.05, 4.69) is 5.32 Å². The second-order valence-electron chi connectivity index (χ2n) is 3.59. The predicted molar refractivity (Wildman–Crippen MR) is 63.6 cm³/mol. The fraction of sp³-hybridized carbons (Fsp3) is 0.417. The van der Waals surface area contributed by atoms with Gasteiger partial charge in [0.15, 0.2) is 0 Å². The van der Waals surface area contributed by atoms with Crippen molar-refractivity contribution >= 4 is 5.91 Å². The lowest BCUT2D eigenvalue weighted by Gasteiger charge is -2.15. The molecular weight excluding hydrogens is 222 g/mol. The normalized spacial score (nSPS) is 11.8. The first kappa shape index (κ1) is 13.3. The number of aliphatic hydroxyl groups excluding tert-OH is 1. The Kier molecular flexibility index (Phi) is 4.78. The highest BCUT2D eigenvalue weighted by Crippen LogP contribution is 2.27. The second kappa shape index (κ2) is 6.10. The van der Waals surface area contributed by atoms with Crippen LogP contribution in [0, 0.1) is 0 Å². The van der Waals surface area contributed by atoms with E-state index in [0.717, 1.165) is 0 Å². The Hall–Kier alpha value is -1.75. The Bertz CT molecular complexity index is 370. The zero-order valence-corrected chi connectivity index (χ0v) is 10.2. The maximum atomic E-state index is 12.0. The highest BCUT2D eigenvalue weighted by atomic mass is 16.5. The van der Waals surface area contributed by atoms with Gasteiger partial charge in [-0.3, -0.25) is 4.79 Å². The lowest BCUT2D eigenvalue weighted by atomic mass is 10.1. The smallest absolute Gasteiger partial charge is 0.259 e. The van der Waals surface area contributed by atoms with Crippen molar-refractivity contribution in [3.05, 3.63) is 23.8 Å². The van der Waals surface area contributed by atoms with Gasteiger partial charge in [0.1, 0.15) is 17.1 Å². The van der Waals surface area contributed by atoms with Crippen LogP contribution in [-0.2, 0) is 0 Å². The minimum atomic E-state index is -0.333. The summed E-state index contributed by atoms with van der Waals surface area (Å²) in [6, 6.07) is 4.78. The third-order valence-corrected chi connectivity index (χ3v) is 2.31. The minimum Gasteiger partial charge on any atom is -0.496 e. The van der Waals surface area contributed by atoms with Crippen molar-refractivity contribution in [1.82, 2.24) is 5.32 Å². The average molecular weight is 239 g/mol. The lowest BCUT2D eigenvalue weighted by molar-refractivity contribution is 0.0916. The number of rotatable bonds is 5. The summed E-state index contributed by atoms with van der Waals surface area (Å²) >= 11 is 0. The number of benzene rings is 1. The van der Waals surface area contributed by atoms with E-state index >= 15 is 0 Å². The molecule has 5 heteroatoms. The fourth-order valence-electron chi connectivity index (χ4n) is 1.42. The molecule has 0 saturated carbocycles. The first-order chi connectivity index (χ1) is 8.13. The third kappa shape index (κ3) is 3.10. The van der Waals surface area contributed by atoms with E-state index in [1.165, 1.54) is 14.2 Å². The monoisotopic (exact) mass is 239 g/mol. The van der Waals surface area contributed by atoms with Crippen LogP contribution in [0.4, 0.5) is 0 Å². The van der Waals surface area contributed by atoms with Crippen LogP contribution in [0.15, 0.2) is 18.2 Å². The number of amides is 1. The first-order valence-corrected chi connectivity index (χ1v) is 5.26. The van der Waals surface area contributed by atoms with Crippen LogP contribution in [0.25, 0.3) is 0 Å². The van der Waals surface area contributed by atoms with E-state index in [4.69, 9.17) is 14.6 Å². The molecule has 1 rings (SSSR count). The van der Waals surface area contributed by atoms with Crippen molar-refractivity contribution in [2.45, 2.75) is 13.0 Å². The van der Waals surface area contributed by atoms with Gasteiger partial charge in [0.25, 0.3) is 5.91 Å². The standard InChI is InChI=1S/C12H17NO4/c1-8(7-14)13-12(15)11-9(16-2)5-4-6-10(11)17-3/h4-6,8,14H,7H2,1-3H3,(H,13,15)/t8-/m0/s1. The SMILES string of the molecule is COc1cccc(OC)c1C(=O)N[C@@H](C)CO. The zero-order chi connectivity index (χ0) is 12.8. The number of ether oxygens (including phenoxy) is 2. The Balaban J connectivity index is 3.05. The molecule has 0 fully saturated rings. The summed E-state index contributed by atoms with van der Waals surface area (Å²) in [5.74, 6) is 0.542. The molecule has 1 aromatic carbocycles. The number of methoxy groups -OCH3 is 2. The molecule has 0 saturated heterocycles. The van der Waals surface area contributed by atoms with Crippen molar-refractivity contribution in [2.75, 3.05) is 20.8 Å². The van der Waals surface area contributed by atoms with Crippen molar-refractivity contribution in [3.8, 4) is 11.5 Å². The quantitative estimate of drug-likeness (QED) is 0.798. The van der Waals surface area contributed by atoms with Gasteiger partial charge >= 0.3 is 0 Å². The number of hydrogen-bond acceptors (Lipinski definition) is 4. The number of hydrogen-bond donors (Lipinski definition) is 2. The van der Waals surface area contributed by atoms with Gasteiger partial charge in [-0.2, -0.15) is 0 Å². The zero-order valence-electron chi connectivity index (χ0n) is 10.2. The van der Waals surface area contributed by atoms with Gasteiger partial charge < -0.3 is 19.9 Å². The molecule has 0 aliphatic heterocycles. The summed E-state index contributed by atoms with van der Waals surface area (Å²) in [7, 11) is 2.97. The molecule has 0 unspecified atom stereocenters. The molecule has 0 aliphatic rings. The van der Waals surface area contributed by atoms with Gasteiger partial charge in [-0.1, -0.05) is 6.07 Å². The number of carbonyl (C=O) groups is 1. The summed E-state index contributed by atoms with van der Waals surface area (Å²) in [5.41, 5.74) is 0.331. The number of nitrogens with one attached hydrogen (secondary N) is 1. The van der Waals surface area contributed by atoms with Gasteiger partial charge in [0.05, 0.1) is 20.8 Å². The summed E-state index contributed by atoms with van der Waals surface area (Å²) in [5, 5.41) is 11.6. The van der Waals surface area contributed by atoms with Crippen LogP contribution in [-0.4, -0.2) is 37.9 Å². The molecule has 94 valence electrons. The van der Waals surface area contributed by atoms with Crippen molar-refractivity contribution in [3.63, 3.8) is 0 Å². The van der Waals surface area contributed by atoms with Gasteiger partial charge in [-0.05, 0) is 19.1 Å². The molecule has 1 amide bonds. The van der Waals surface area contributed by atoms with Crippen LogP contribution in [0.5, 0.6) is 11.5 Å². The van der Waals surface area contributed by atoms with Crippen LogP contribution in [0.1, 0.15) is 17.3 Å². The first-order valence-electron chi connectivity index (χ1n) is 5.26. The maximum Gasteiger partial charge on any atom is 0.259 e. The van der Waals surface area contributed by atoms with Crippen LogP contribution >= 0.6 is 0 Å². The molecule has 1 atom stereocenters. The Morgan fingerprint density at radius 1 is 1.35 bits per heavy atom. The van der Waals surface area contributed by atoms with E-state index in [1.54, 1.807) is 25.1 Å². The molecule has 5 nitrogen and oxygen atoms in total. The fourth-order valence-corrected chi connectivity index (χ4v) is 1.42. The molecular formula is C12H17NO4. The topological polar surface area (TPSA) is 67.8 Å². The summed E-state index contributed by atoms with van der Waals surface area (Å²) < 4.78 is 10.2. The molecule has 0 spiro atoms. The molecule has 0 bridgehead atoms. The molecule has 0 aromatic heterocycles. The molecule has 2 N–H and O–H groups in total. The highest BCUT2D eigenvalue weighted by molar-refractivity contribution is 5.99. The van der Waals surface area contributed by atoms with E-state index in [1.807, 2.05) is 0 Å². The predicted octanol–water partition coefficient (Wildman–Crippen LogP) is 0.814. The summed E-state index contributed by atoms with van der Waals surface area (Å²) in [4.78, 5) is 12.0. The molecule has 1 aromatic rings. The van der Waals surface area contributed by atoms with E-state index in [-0.39, 0.29) is 18.6 Å². The number of aliphatic hydroxyl groups is 1.